The Balaban J connectivity index is 0.00000420. The first-order chi connectivity index (χ1) is 13.5. The lowest BCUT2D eigenvalue weighted by Gasteiger charge is -2.12. The van der Waals surface area contributed by atoms with Crippen LogP contribution in [0, 0.1) is 0 Å². The molecule has 0 spiro atoms. The lowest BCUT2D eigenvalue weighted by molar-refractivity contribution is 0.311. The molecule has 2 rings (SSSR count). The number of hydrogen-bond donors (Lipinski definition) is 3. The molecule has 0 aliphatic carbocycles. The van der Waals surface area contributed by atoms with E-state index in [2.05, 4.69) is 20.3 Å². The Bertz CT molecular complexity index is 844. The normalized spacial score (nSPS) is 11.4. The van der Waals surface area contributed by atoms with Gasteiger partial charge in [0.15, 0.2) is 5.96 Å². The van der Waals surface area contributed by atoms with E-state index in [0.29, 0.717) is 19.1 Å². The summed E-state index contributed by atoms with van der Waals surface area (Å²) in [6, 6.07) is 16.4. The third-order valence-corrected chi connectivity index (χ3v) is 5.32. The zero-order valence-electron chi connectivity index (χ0n) is 16.7. The monoisotopic (exact) mass is 532 g/mol. The quantitative estimate of drug-likeness (QED) is 0.190. The molecule has 0 amide bonds. The highest BCUT2D eigenvalue weighted by Crippen LogP contribution is 2.11. The molecule has 0 saturated carbocycles. The van der Waals surface area contributed by atoms with E-state index in [9.17, 15) is 8.42 Å². The molecule has 0 bridgehead atoms. The van der Waals surface area contributed by atoms with Crippen molar-refractivity contribution in [3.63, 3.8) is 0 Å². The number of halogens is 1. The van der Waals surface area contributed by atoms with Crippen molar-refractivity contribution in [3.05, 3.63) is 60.2 Å². The minimum absolute atomic E-state index is 0. The van der Waals surface area contributed by atoms with Crippen molar-refractivity contribution in [1.82, 2.24) is 15.4 Å². The Hall–Kier alpha value is -1.85. The molecule has 0 aliphatic heterocycles. The second-order valence-electron chi connectivity index (χ2n) is 5.99. The molecule has 0 fully saturated rings. The van der Waals surface area contributed by atoms with Crippen molar-refractivity contribution < 1.29 is 13.2 Å². The van der Waals surface area contributed by atoms with E-state index in [1.807, 2.05) is 37.3 Å². The van der Waals surface area contributed by atoms with E-state index in [4.69, 9.17) is 4.74 Å². The highest BCUT2D eigenvalue weighted by Gasteiger charge is 2.10. The maximum absolute atomic E-state index is 11.8. The number of nitrogens with zero attached hydrogens (tertiary/aromatic N) is 1. The molecule has 0 radical (unpaired) electrons. The molecule has 2 aromatic carbocycles. The number of para-hydroxylation sites is 1. The first-order valence-corrected chi connectivity index (χ1v) is 10.8. The van der Waals surface area contributed by atoms with Crippen molar-refractivity contribution in [1.29, 1.82) is 0 Å². The van der Waals surface area contributed by atoms with Crippen LogP contribution in [0.4, 0.5) is 0 Å². The molecular weight excluding hydrogens is 503 g/mol. The Labute approximate surface area is 190 Å². The first kappa shape index (κ1) is 25.2. The van der Waals surface area contributed by atoms with Gasteiger partial charge in [0.25, 0.3) is 0 Å². The van der Waals surface area contributed by atoms with Crippen LogP contribution in [0.25, 0.3) is 0 Å². The lowest BCUT2D eigenvalue weighted by Crippen LogP contribution is -2.38. The van der Waals surface area contributed by atoms with Gasteiger partial charge in [-0.05, 0) is 50.2 Å². The summed E-state index contributed by atoms with van der Waals surface area (Å²) >= 11 is 0. The summed E-state index contributed by atoms with van der Waals surface area (Å²) in [7, 11) is -2.02. The van der Waals surface area contributed by atoms with Crippen LogP contribution >= 0.6 is 24.0 Å². The Morgan fingerprint density at radius 2 is 1.72 bits per heavy atom. The van der Waals surface area contributed by atoms with Gasteiger partial charge in [0.05, 0.1) is 18.0 Å². The summed E-state index contributed by atoms with van der Waals surface area (Å²) in [5, 5.41) is 6.47. The van der Waals surface area contributed by atoms with Gasteiger partial charge >= 0.3 is 0 Å². The number of hydrogen-bond acceptors (Lipinski definition) is 4. The second-order valence-corrected chi connectivity index (χ2v) is 7.88. The zero-order chi connectivity index (χ0) is 20.2. The molecular formula is C20H29IN4O3S. The second kappa shape index (κ2) is 13.4. The average Bonchev–Trinajstić information content (AvgIpc) is 2.72. The maximum atomic E-state index is 11.8. The molecule has 0 atom stereocenters. The van der Waals surface area contributed by atoms with Gasteiger partial charge in [-0.2, -0.15) is 0 Å². The Kier molecular flexibility index (Phi) is 11.6. The SMILES string of the molecule is CCNC(=NCc1ccc(S(=O)(=O)NC)cc1)NCCCOc1ccccc1.I. The van der Waals surface area contributed by atoms with Crippen LogP contribution in [0.15, 0.2) is 64.5 Å². The van der Waals surface area contributed by atoms with Gasteiger partial charge in [0.2, 0.25) is 10.0 Å². The molecule has 160 valence electrons. The van der Waals surface area contributed by atoms with Crippen molar-refractivity contribution in [2.45, 2.75) is 24.8 Å². The summed E-state index contributed by atoms with van der Waals surface area (Å²) in [4.78, 5) is 4.78. The van der Waals surface area contributed by atoms with Crippen molar-refractivity contribution >= 4 is 40.0 Å². The predicted octanol–water partition coefficient (Wildman–Crippen LogP) is 2.74. The standard InChI is InChI=1S/C20H28N4O3S.HI/c1-3-22-20(23-14-7-15-27-18-8-5-4-6-9-18)24-16-17-10-12-19(13-11-17)28(25,26)21-2;/h4-6,8-13,21H,3,7,14-16H2,1-2H3,(H2,22,23,24);1H. The van der Waals surface area contributed by atoms with Crippen LogP contribution in [0.3, 0.4) is 0 Å². The fourth-order valence-electron chi connectivity index (χ4n) is 2.39. The van der Waals surface area contributed by atoms with Gasteiger partial charge in [-0.3, -0.25) is 0 Å². The Morgan fingerprint density at radius 1 is 1.03 bits per heavy atom. The summed E-state index contributed by atoms with van der Waals surface area (Å²) < 4.78 is 31.5. The first-order valence-electron chi connectivity index (χ1n) is 9.27. The van der Waals surface area contributed by atoms with Gasteiger partial charge in [-0.15, -0.1) is 24.0 Å². The summed E-state index contributed by atoms with van der Waals surface area (Å²) in [5.41, 5.74) is 0.930. The fraction of sp³-hybridized carbons (Fsp3) is 0.350. The van der Waals surface area contributed by atoms with Crippen LogP contribution in [-0.4, -0.2) is 41.1 Å². The third-order valence-electron chi connectivity index (χ3n) is 3.89. The van der Waals surface area contributed by atoms with Gasteiger partial charge in [-0.1, -0.05) is 30.3 Å². The third kappa shape index (κ3) is 9.01. The summed E-state index contributed by atoms with van der Waals surface area (Å²) in [5.74, 6) is 1.58. The van der Waals surface area contributed by atoms with E-state index >= 15 is 0 Å². The van der Waals surface area contributed by atoms with E-state index in [1.165, 1.54) is 7.05 Å². The maximum Gasteiger partial charge on any atom is 0.240 e. The van der Waals surface area contributed by atoms with Gasteiger partial charge in [0.1, 0.15) is 5.75 Å². The molecule has 3 N–H and O–H groups in total. The molecule has 9 heteroatoms. The van der Waals surface area contributed by atoms with Crippen molar-refractivity contribution in [2.75, 3.05) is 26.7 Å². The summed E-state index contributed by atoms with van der Waals surface area (Å²) in [6.07, 6.45) is 0.843. The minimum Gasteiger partial charge on any atom is -0.494 e. The number of ether oxygens (including phenoxy) is 1. The number of aliphatic imine (C=N–C) groups is 1. The van der Waals surface area contributed by atoms with Gasteiger partial charge in [0, 0.05) is 13.1 Å². The molecule has 0 unspecified atom stereocenters. The zero-order valence-corrected chi connectivity index (χ0v) is 19.9. The molecule has 2 aromatic rings. The van der Waals surface area contributed by atoms with E-state index in [1.54, 1.807) is 24.3 Å². The van der Waals surface area contributed by atoms with Gasteiger partial charge in [-0.25, -0.2) is 18.1 Å². The topological polar surface area (TPSA) is 91.8 Å². The minimum atomic E-state index is -3.41. The number of rotatable bonds is 10. The molecule has 0 aliphatic rings. The van der Waals surface area contributed by atoms with E-state index < -0.39 is 10.0 Å². The largest absolute Gasteiger partial charge is 0.494 e. The number of sulfonamides is 1. The number of benzene rings is 2. The van der Waals surface area contributed by atoms with Crippen LogP contribution in [0.5, 0.6) is 5.75 Å². The number of nitrogens with one attached hydrogen (secondary N) is 3. The molecule has 7 nitrogen and oxygen atoms in total. The van der Waals surface area contributed by atoms with Crippen molar-refractivity contribution in [3.8, 4) is 5.75 Å². The van der Waals surface area contributed by atoms with E-state index in [-0.39, 0.29) is 28.9 Å². The molecule has 0 aromatic heterocycles. The number of guanidine groups is 1. The summed E-state index contributed by atoms with van der Waals surface area (Å²) in [6.45, 7) is 4.57. The molecule has 0 saturated heterocycles. The highest BCUT2D eigenvalue weighted by atomic mass is 127. The highest BCUT2D eigenvalue weighted by molar-refractivity contribution is 14.0. The lowest BCUT2D eigenvalue weighted by atomic mass is 10.2. The molecule has 0 heterocycles. The van der Waals surface area contributed by atoms with Gasteiger partial charge < -0.3 is 15.4 Å². The van der Waals surface area contributed by atoms with Crippen LogP contribution in [0.2, 0.25) is 0 Å². The van der Waals surface area contributed by atoms with Crippen LogP contribution in [-0.2, 0) is 16.6 Å². The van der Waals surface area contributed by atoms with Crippen molar-refractivity contribution in [2.24, 2.45) is 4.99 Å². The van der Waals surface area contributed by atoms with E-state index in [0.717, 1.165) is 30.8 Å². The fourth-order valence-corrected chi connectivity index (χ4v) is 3.12. The van der Waals surface area contributed by atoms with Crippen LogP contribution in [0.1, 0.15) is 18.9 Å². The Morgan fingerprint density at radius 3 is 2.34 bits per heavy atom. The average molecular weight is 532 g/mol. The molecule has 29 heavy (non-hydrogen) atoms. The predicted molar refractivity (Wildman–Crippen MR) is 127 cm³/mol. The smallest absolute Gasteiger partial charge is 0.240 e. The van der Waals surface area contributed by atoms with Crippen LogP contribution < -0.4 is 20.1 Å².